The van der Waals surface area contributed by atoms with Crippen LogP contribution >= 0.6 is 11.3 Å². The predicted octanol–water partition coefficient (Wildman–Crippen LogP) is 2.38. The predicted molar refractivity (Wildman–Crippen MR) is 58.8 cm³/mol. The van der Waals surface area contributed by atoms with Crippen LogP contribution in [0.2, 0.25) is 0 Å². The molecule has 1 aromatic rings. The van der Waals surface area contributed by atoms with Crippen LogP contribution in [-0.2, 0) is 11.2 Å². The van der Waals surface area contributed by atoms with Crippen LogP contribution in [0.5, 0.6) is 0 Å². The summed E-state index contributed by atoms with van der Waals surface area (Å²) in [5, 5.41) is 0.567. The third kappa shape index (κ3) is 1.90. The van der Waals surface area contributed by atoms with Crippen molar-refractivity contribution < 1.29 is 9.53 Å². The van der Waals surface area contributed by atoms with Crippen molar-refractivity contribution in [1.82, 2.24) is 0 Å². The van der Waals surface area contributed by atoms with Crippen LogP contribution in [0.25, 0.3) is 0 Å². The van der Waals surface area contributed by atoms with Crippen molar-refractivity contribution in [2.24, 2.45) is 0 Å². The lowest BCUT2D eigenvalue weighted by molar-refractivity contribution is 0.0527. The van der Waals surface area contributed by atoms with E-state index in [0.29, 0.717) is 17.2 Å². The van der Waals surface area contributed by atoms with E-state index in [1.807, 2.05) is 13.8 Å². The molecule has 14 heavy (non-hydrogen) atoms. The van der Waals surface area contributed by atoms with Gasteiger partial charge < -0.3 is 10.5 Å². The van der Waals surface area contributed by atoms with Crippen molar-refractivity contribution in [2.75, 3.05) is 12.3 Å². The van der Waals surface area contributed by atoms with E-state index >= 15 is 0 Å². The van der Waals surface area contributed by atoms with E-state index in [9.17, 15) is 4.79 Å². The molecule has 3 nitrogen and oxygen atoms in total. The molecule has 0 saturated heterocycles. The van der Waals surface area contributed by atoms with E-state index in [-0.39, 0.29) is 5.97 Å². The topological polar surface area (TPSA) is 52.3 Å². The number of hydrogen-bond acceptors (Lipinski definition) is 4. The Bertz CT molecular complexity index is 344. The fraction of sp³-hybridized carbons (Fsp3) is 0.500. The van der Waals surface area contributed by atoms with Crippen LogP contribution in [0.3, 0.4) is 0 Å². The van der Waals surface area contributed by atoms with Crippen LogP contribution in [0, 0.1) is 6.92 Å². The highest BCUT2D eigenvalue weighted by molar-refractivity contribution is 7.16. The average molecular weight is 213 g/mol. The number of aryl methyl sites for hydroxylation is 1. The summed E-state index contributed by atoms with van der Waals surface area (Å²) in [4.78, 5) is 12.7. The van der Waals surface area contributed by atoms with Gasteiger partial charge in [0.2, 0.25) is 0 Å². The van der Waals surface area contributed by atoms with Crippen molar-refractivity contribution >= 4 is 22.3 Å². The number of nitrogen functional groups attached to an aromatic ring is 1. The Balaban J connectivity index is 3.11. The van der Waals surface area contributed by atoms with E-state index < -0.39 is 0 Å². The van der Waals surface area contributed by atoms with Gasteiger partial charge in [-0.1, -0.05) is 6.92 Å². The summed E-state index contributed by atoms with van der Waals surface area (Å²) in [5.41, 5.74) is 7.35. The number of nitrogens with two attached hydrogens (primary N) is 1. The molecule has 0 atom stereocenters. The third-order valence-electron chi connectivity index (χ3n) is 2.07. The van der Waals surface area contributed by atoms with Crippen molar-refractivity contribution in [3.05, 3.63) is 16.0 Å². The summed E-state index contributed by atoms with van der Waals surface area (Å²) >= 11 is 1.45. The van der Waals surface area contributed by atoms with E-state index in [2.05, 4.69) is 0 Å². The molecule has 1 heterocycles. The van der Waals surface area contributed by atoms with Gasteiger partial charge in [0.15, 0.2) is 0 Å². The van der Waals surface area contributed by atoms with Gasteiger partial charge in [-0.3, -0.25) is 0 Å². The van der Waals surface area contributed by atoms with Crippen molar-refractivity contribution in [1.29, 1.82) is 0 Å². The Morgan fingerprint density at radius 3 is 2.64 bits per heavy atom. The van der Waals surface area contributed by atoms with Gasteiger partial charge in [-0.05, 0) is 25.8 Å². The number of esters is 1. The number of rotatable bonds is 3. The first-order valence-electron chi connectivity index (χ1n) is 4.66. The fourth-order valence-electron chi connectivity index (χ4n) is 1.46. The monoisotopic (exact) mass is 213 g/mol. The van der Waals surface area contributed by atoms with Crippen LogP contribution in [0.1, 0.15) is 34.6 Å². The first-order valence-corrected chi connectivity index (χ1v) is 5.48. The second-order valence-electron chi connectivity index (χ2n) is 2.95. The lowest BCUT2D eigenvalue weighted by Crippen LogP contribution is -2.08. The zero-order valence-corrected chi connectivity index (χ0v) is 9.53. The molecule has 0 unspecified atom stereocenters. The Morgan fingerprint density at radius 2 is 2.14 bits per heavy atom. The van der Waals surface area contributed by atoms with Crippen LogP contribution in [0.4, 0.5) is 5.00 Å². The molecule has 0 aliphatic rings. The maximum Gasteiger partial charge on any atom is 0.341 e. The molecule has 0 aliphatic carbocycles. The second-order valence-corrected chi connectivity index (χ2v) is 4.21. The number of carbonyl (C=O) groups is 1. The van der Waals surface area contributed by atoms with Gasteiger partial charge in [0.25, 0.3) is 0 Å². The molecule has 0 aliphatic heterocycles. The summed E-state index contributed by atoms with van der Waals surface area (Å²) in [6.07, 6.45) is 0.813. The Morgan fingerprint density at radius 1 is 1.50 bits per heavy atom. The number of carbonyl (C=O) groups excluding carboxylic acids is 1. The quantitative estimate of drug-likeness (QED) is 0.784. The number of thiophene rings is 1. The first kappa shape index (κ1) is 11.0. The molecule has 0 saturated carbocycles. The maximum atomic E-state index is 11.6. The molecule has 1 aromatic heterocycles. The number of anilines is 1. The normalized spacial score (nSPS) is 10.2. The van der Waals surface area contributed by atoms with E-state index in [4.69, 9.17) is 10.5 Å². The minimum Gasteiger partial charge on any atom is -0.462 e. The first-order chi connectivity index (χ1) is 6.61. The molecule has 4 heteroatoms. The Hall–Kier alpha value is -1.03. The van der Waals surface area contributed by atoms with Gasteiger partial charge in [0.05, 0.1) is 12.2 Å². The zero-order valence-electron chi connectivity index (χ0n) is 8.72. The minimum atomic E-state index is -0.300. The molecule has 78 valence electrons. The van der Waals surface area contributed by atoms with Crippen LogP contribution in [0.15, 0.2) is 0 Å². The van der Waals surface area contributed by atoms with E-state index in [0.717, 1.165) is 16.9 Å². The largest absolute Gasteiger partial charge is 0.462 e. The third-order valence-corrected chi connectivity index (χ3v) is 3.05. The van der Waals surface area contributed by atoms with Gasteiger partial charge in [0.1, 0.15) is 5.00 Å². The highest BCUT2D eigenvalue weighted by Crippen LogP contribution is 2.31. The van der Waals surface area contributed by atoms with Crippen molar-refractivity contribution in [2.45, 2.75) is 27.2 Å². The molecule has 0 amide bonds. The number of ether oxygens (including phenoxy) is 1. The summed E-state index contributed by atoms with van der Waals surface area (Å²) < 4.78 is 4.95. The maximum absolute atomic E-state index is 11.6. The minimum absolute atomic E-state index is 0.300. The lowest BCUT2D eigenvalue weighted by Gasteiger charge is -2.03. The smallest absolute Gasteiger partial charge is 0.341 e. The molecule has 0 radical (unpaired) electrons. The Kier molecular flexibility index (Phi) is 3.52. The summed E-state index contributed by atoms with van der Waals surface area (Å²) in [6, 6.07) is 0. The van der Waals surface area contributed by atoms with Crippen LogP contribution in [-0.4, -0.2) is 12.6 Å². The lowest BCUT2D eigenvalue weighted by atomic mass is 10.1. The summed E-state index contributed by atoms with van der Waals surface area (Å²) in [5.74, 6) is -0.300. The van der Waals surface area contributed by atoms with Gasteiger partial charge in [-0.15, -0.1) is 11.3 Å². The van der Waals surface area contributed by atoms with Gasteiger partial charge in [-0.2, -0.15) is 0 Å². The van der Waals surface area contributed by atoms with Crippen molar-refractivity contribution in [3.8, 4) is 0 Å². The zero-order chi connectivity index (χ0) is 10.7. The molecule has 0 aromatic carbocycles. The molecule has 0 spiro atoms. The molecule has 0 fully saturated rings. The SMILES string of the molecule is CCOC(=O)c1c(N)sc(C)c1CC. The molecular formula is C10H15NO2S. The standard InChI is InChI=1S/C10H15NO2S/c1-4-7-6(3)14-9(11)8(7)10(12)13-5-2/h4-5,11H2,1-3H3. The van der Waals surface area contributed by atoms with Gasteiger partial charge >= 0.3 is 5.97 Å². The second kappa shape index (κ2) is 4.46. The van der Waals surface area contributed by atoms with Crippen LogP contribution < -0.4 is 5.73 Å². The number of hydrogen-bond donors (Lipinski definition) is 1. The fourth-order valence-corrected chi connectivity index (χ4v) is 2.46. The van der Waals surface area contributed by atoms with E-state index in [1.165, 1.54) is 11.3 Å². The van der Waals surface area contributed by atoms with E-state index in [1.54, 1.807) is 6.92 Å². The molecular weight excluding hydrogens is 198 g/mol. The van der Waals surface area contributed by atoms with Crippen molar-refractivity contribution in [3.63, 3.8) is 0 Å². The highest BCUT2D eigenvalue weighted by Gasteiger charge is 2.19. The Labute approximate surface area is 87.9 Å². The molecule has 2 N–H and O–H groups in total. The average Bonchev–Trinajstić information content (AvgIpc) is 2.40. The molecule has 1 rings (SSSR count). The van der Waals surface area contributed by atoms with Gasteiger partial charge in [0, 0.05) is 4.88 Å². The van der Waals surface area contributed by atoms with Gasteiger partial charge in [-0.25, -0.2) is 4.79 Å². The highest BCUT2D eigenvalue weighted by atomic mass is 32.1. The molecule has 0 bridgehead atoms. The summed E-state index contributed by atoms with van der Waals surface area (Å²) in [7, 11) is 0. The summed E-state index contributed by atoms with van der Waals surface area (Å²) in [6.45, 7) is 6.16.